The van der Waals surface area contributed by atoms with Crippen LogP contribution in [0.2, 0.25) is 0 Å². The SMILES string of the molecule is CCCCOc1cccc(C(C)(C)CNCC(=O)N(C)C)c1.CN(C)C(=O)CNCCc1cccc(OCCCC(F)(F)F)c1. The molecule has 0 aromatic heterocycles. The summed E-state index contributed by atoms with van der Waals surface area (Å²) in [6, 6.07) is 15.5. The van der Waals surface area contributed by atoms with Gasteiger partial charge in [-0.05, 0) is 61.2 Å². The molecule has 45 heavy (non-hydrogen) atoms. The van der Waals surface area contributed by atoms with E-state index in [2.05, 4.69) is 43.5 Å². The van der Waals surface area contributed by atoms with Crippen molar-refractivity contribution in [1.82, 2.24) is 20.4 Å². The first-order valence-corrected chi connectivity index (χ1v) is 15.5. The summed E-state index contributed by atoms with van der Waals surface area (Å²) < 4.78 is 47.2. The highest BCUT2D eigenvalue weighted by atomic mass is 19.4. The van der Waals surface area contributed by atoms with Crippen molar-refractivity contribution in [1.29, 1.82) is 0 Å². The van der Waals surface area contributed by atoms with Crippen molar-refractivity contribution >= 4 is 11.8 Å². The van der Waals surface area contributed by atoms with Crippen LogP contribution in [0.25, 0.3) is 0 Å². The fourth-order valence-corrected chi connectivity index (χ4v) is 3.92. The van der Waals surface area contributed by atoms with Gasteiger partial charge in [-0.1, -0.05) is 51.5 Å². The molecule has 0 bridgehead atoms. The minimum Gasteiger partial charge on any atom is -0.494 e. The predicted octanol–water partition coefficient (Wildman–Crippen LogP) is 5.45. The molecule has 2 aromatic carbocycles. The van der Waals surface area contributed by atoms with Gasteiger partial charge >= 0.3 is 6.18 Å². The van der Waals surface area contributed by atoms with Crippen LogP contribution in [0, 0.1) is 0 Å². The maximum Gasteiger partial charge on any atom is 0.389 e. The first kappa shape index (κ1) is 39.7. The zero-order valence-corrected chi connectivity index (χ0v) is 28.1. The molecular formula is C34H53F3N4O4. The Morgan fingerprint density at radius 2 is 1.36 bits per heavy atom. The van der Waals surface area contributed by atoms with E-state index in [9.17, 15) is 22.8 Å². The van der Waals surface area contributed by atoms with E-state index in [0.717, 1.165) is 37.3 Å². The van der Waals surface area contributed by atoms with Crippen LogP contribution in [0.4, 0.5) is 13.2 Å². The van der Waals surface area contributed by atoms with Gasteiger partial charge in [0.05, 0.1) is 26.3 Å². The summed E-state index contributed by atoms with van der Waals surface area (Å²) in [5, 5.41) is 6.29. The Labute approximate surface area is 267 Å². The number of nitrogens with zero attached hydrogens (tertiary/aromatic N) is 2. The summed E-state index contributed by atoms with van der Waals surface area (Å²) in [5.41, 5.74) is 2.16. The number of alkyl halides is 3. The monoisotopic (exact) mass is 638 g/mol. The molecule has 0 aliphatic carbocycles. The normalized spacial score (nSPS) is 11.3. The Morgan fingerprint density at radius 1 is 0.800 bits per heavy atom. The van der Waals surface area contributed by atoms with Gasteiger partial charge in [-0.3, -0.25) is 9.59 Å². The summed E-state index contributed by atoms with van der Waals surface area (Å²) >= 11 is 0. The number of rotatable bonds is 18. The maximum absolute atomic E-state index is 12.0. The van der Waals surface area contributed by atoms with Gasteiger partial charge < -0.3 is 29.9 Å². The molecule has 2 rings (SSSR count). The third-order valence-electron chi connectivity index (χ3n) is 6.86. The number of hydrogen-bond donors (Lipinski definition) is 2. The number of likely N-dealkylation sites (N-methyl/N-ethyl adjacent to an activating group) is 2. The molecule has 0 saturated carbocycles. The van der Waals surface area contributed by atoms with E-state index in [1.54, 1.807) is 45.2 Å². The van der Waals surface area contributed by atoms with Crippen LogP contribution in [0.15, 0.2) is 48.5 Å². The molecule has 0 aliphatic rings. The molecule has 0 radical (unpaired) electrons. The fraction of sp³-hybridized carbons (Fsp3) is 0.588. The molecule has 0 atom stereocenters. The highest BCUT2D eigenvalue weighted by Gasteiger charge is 2.26. The lowest BCUT2D eigenvalue weighted by molar-refractivity contribution is -0.136. The minimum atomic E-state index is -4.14. The average Bonchev–Trinajstić information content (AvgIpc) is 2.97. The van der Waals surface area contributed by atoms with Crippen molar-refractivity contribution in [2.24, 2.45) is 0 Å². The van der Waals surface area contributed by atoms with Gasteiger partial charge in [-0.25, -0.2) is 0 Å². The van der Waals surface area contributed by atoms with Crippen molar-refractivity contribution in [3.8, 4) is 11.5 Å². The lowest BCUT2D eigenvalue weighted by atomic mass is 9.84. The summed E-state index contributed by atoms with van der Waals surface area (Å²) in [6.45, 7) is 9.32. The third-order valence-corrected chi connectivity index (χ3v) is 6.86. The Hall–Kier alpha value is -3.31. The van der Waals surface area contributed by atoms with E-state index in [1.807, 2.05) is 24.3 Å². The highest BCUT2D eigenvalue weighted by Crippen LogP contribution is 2.26. The first-order valence-electron chi connectivity index (χ1n) is 15.5. The lowest BCUT2D eigenvalue weighted by Crippen LogP contribution is -2.39. The van der Waals surface area contributed by atoms with Gasteiger partial charge in [-0.2, -0.15) is 13.2 Å². The number of unbranched alkanes of at least 4 members (excludes halogenated alkanes) is 1. The van der Waals surface area contributed by atoms with Crippen LogP contribution in [0.1, 0.15) is 57.6 Å². The van der Waals surface area contributed by atoms with Crippen LogP contribution < -0.4 is 20.1 Å². The van der Waals surface area contributed by atoms with E-state index < -0.39 is 12.6 Å². The largest absolute Gasteiger partial charge is 0.494 e. The van der Waals surface area contributed by atoms with Crippen molar-refractivity contribution in [3.63, 3.8) is 0 Å². The molecule has 0 heterocycles. The van der Waals surface area contributed by atoms with Crippen LogP contribution in [-0.2, 0) is 21.4 Å². The number of carbonyl (C=O) groups excluding carboxylic acids is 2. The first-order chi connectivity index (χ1) is 21.1. The van der Waals surface area contributed by atoms with Gasteiger partial charge in [0.2, 0.25) is 11.8 Å². The topological polar surface area (TPSA) is 83.1 Å². The minimum absolute atomic E-state index is 0.00625. The number of amides is 2. The average molecular weight is 639 g/mol. The zero-order valence-electron chi connectivity index (χ0n) is 28.1. The van der Waals surface area contributed by atoms with Gasteiger partial charge in [0, 0.05) is 46.6 Å². The Kier molecular flexibility index (Phi) is 18.2. The molecule has 0 unspecified atom stereocenters. The molecule has 2 N–H and O–H groups in total. The number of nitrogens with one attached hydrogen (secondary N) is 2. The molecule has 11 heteroatoms. The number of carbonyl (C=O) groups is 2. The van der Waals surface area contributed by atoms with Gasteiger partial charge in [0.15, 0.2) is 0 Å². The summed E-state index contributed by atoms with van der Waals surface area (Å²) in [5.74, 6) is 1.58. The maximum atomic E-state index is 12.0. The number of halogens is 3. The number of ether oxygens (including phenoxy) is 2. The van der Waals surface area contributed by atoms with Crippen LogP contribution in [-0.4, -0.2) is 95.4 Å². The molecular weight excluding hydrogens is 585 g/mol. The number of hydrogen-bond acceptors (Lipinski definition) is 6. The molecule has 0 saturated heterocycles. The van der Waals surface area contributed by atoms with E-state index in [0.29, 0.717) is 25.3 Å². The third kappa shape index (κ3) is 18.3. The van der Waals surface area contributed by atoms with Crippen molar-refractivity contribution in [2.45, 2.75) is 64.5 Å². The fourth-order valence-electron chi connectivity index (χ4n) is 3.92. The quantitative estimate of drug-likeness (QED) is 0.212. The van der Waals surface area contributed by atoms with Crippen molar-refractivity contribution < 1.29 is 32.2 Å². The molecule has 0 fully saturated rings. The van der Waals surface area contributed by atoms with Crippen LogP contribution in [0.5, 0.6) is 11.5 Å². The molecule has 0 spiro atoms. The number of benzene rings is 2. The second-order valence-electron chi connectivity index (χ2n) is 11.9. The Bertz CT molecular complexity index is 1140. The summed E-state index contributed by atoms with van der Waals surface area (Å²) in [6.07, 6.45) is -2.11. The Balaban J connectivity index is 0.000000450. The summed E-state index contributed by atoms with van der Waals surface area (Å²) in [4.78, 5) is 26.1. The second-order valence-corrected chi connectivity index (χ2v) is 11.9. The van der Waals surface area contributed by atoms with Crippen LogP contribution in [0.3, 0.4) is 0 Å². The molecule has 2 aromatic rings. The lowest BCUT2D eigenvalue weighted by Gasteiger charge is -2.26. The Morgan fingerprint density at radius 3 is 1.93 bits per heavy atom. The summed E-state index contributed by atoms with van der Waals surface area (Å²) in [7, 11) is 6.94. The van der Waals surface area contributed by atoms with E-state index >= 15 is 0 Å². The van der Waals surface area contributed by atoms with Crippen LogP contribution >= 0.6 is 0 Å². The zero-order chi connectivity index (χ0) is 33.9. The van der Waals surface area contributed by atoms with E-state index in [4.69, 9.17) is 9.47 Å². The molecule has 0 aliphatic heterocycles. The predicted molar refractivity (Wildman–Crippen MR) is 174 cm³/mol. The molecule has 2 amide bonds. The molecule has 8 nitrogen and oxygen atoms in total. The van der Waals surface area contributed by atoms with Gasteiger partial charge in [0.25, 0.3) is 0 Å². The van der Waals surface area contributed by atoms with Crippen molar-refractivity contribution in [2.75, 3.05) is 67.6 Å². The van der Waals surface area contributed by atoms with Crippen molar-refractivity contribution in [3.05, 3.63) is 59.7 Å². The standard InChI is InChI=1S/C18H30N2O2.C16H23F3N2O2/c1-6-7-11-22-16-10-8-9-15(12-16)18(2,3)14-19-13-17(21)20(4)5;1-21(2)15(22)12-20-9-7-13-5-3-6-14(11-13)23-10-4-8-16(17,18)19/h8-10,12,19H,6-7,11,13-14H2,1-5H3;3,5-6,11,20H,4,7-10,12H2,1-2H3. The highest BCUT2D eigenvalue weighted by molar-refractivity contribution is 5.78. The van der Waals surface area contributed by atoms with E-state index in [-0.39, 0.29) is 36.8 Å². The smallest absolute Gasteiger partial charge is 0.389 e. The van der Waals surface area contributed by atoms with Gasteiger partial charge in [-0.15, -0.1) is 0 Å². The van der Waals surface area contributed by atoms with Gasteiger partial charge in [0.1, 0.15) is 11.5 Å². The molecule has 254 valence electrons. The second kappa shape index (κ2) is 20.7. The van der Waals surface area contributed by atoms with E-state index in [1.165, 1.54) is 10.5 Å².